The molecule has 1 aliphatic heterocycles. The van der Waals surface area contributed by atoms with Crippen molar-refractivity contribution in [3.8, 4) is 11.3 Å². The summed E-state index contributed by atoms with van der Waals surface area (Å²) in [5, 5.41) is 4.90. The van der Waals surface area contributed by atoms with Crippen LogP contribution < -0.4 is 5.32 Å². The number of aromatic nitrogens is 1. The summed E-state index contributed by atoms with van der Waals surface area (Å²) >= 11 is 14.7. The zero-order chi connectivity index (χ0) is 23.0. The SMILES string of the molecule is CC1CN(S(=O)(=O)c2ccc(C(=O)Nc3nc(-c4cc(Cl)sc4Cl)cs3)cc2)CC(C)O1. The molecule has 170 valence electrons. The van der Waals surface area contributed by atoms with Crippen LogP contribution in [0.4, 0.5) is 5.13 Å². The molecule has 0 radical (unpaired) electrons. The summed E-state index contributed by atoms with van der Waals surface area (Å²) in [5.41, 5.74) is 1.65. The fourth-order valence-electron chi connectivity index (χ4n) is 3.39. The second-order valence-electron chi connectivity index (χ2n) is 7.33. The maximum Gasteiger partial charge on any atom is 0.257 e. The maximum absolute atomic E-state index is 13.0. The van der Waals surface area contributed by atoms with Gasteiger partial charge in [0, 0.05) is 29.6 Å². The first-order chi connectivity index (χ1) is 15.1. The van der Waals surface area contributed by atoms with Crippen LogP contribution in [0.2, 0.25) is 8.67 Å². The van der Waals surface area contributed by atoms with Gasteiger partial charge in [-0.05, 0) is 44.2 Å². The number of ether oxygens (including phenoxy) is 1. The van der Waals surface area contributed by atoms with E-state index in [9.17, 15) is 13.2 Å². The third kappa shape index (κ3) is 5.01. The summed E-state index contributed by atoms with van der Waals surface area (Å²) in [6.45, 7) is 4.27. The normalized spacial score (nSPS) is 19.8. The lowest BCUT2D eigenvalue weighted by atomic mass is 10.2. The fourth-order valence-corrected chi connectivity index (χ4v) is 7.17. The number of carbonyl (C=O) groups is 1. The molecule has 4 rings (SSSR count). The van der Waals surface area contributed by atoms with Gasteiger partial charge < -0.3 is 4.74 Å². The lowest BCUT2D eigenvalue weighted by Crippen LogP contribution is -2.48. The van der Waals surface area contributed by atoms with Gasteiger partial charge in [-0.15, -0.1) is 22.7 Å². The number of nitrogens with one attached hydrogen (secondary N) is 1. The fraction of sp³-hybridized carbons (Fsp3) is 0.300. The van der Waals surface area contributed by atoms with Crippen LogP contribution in [0.25, 0.3) is 11.3 Å². The molecule has 0 spiro atoms. The summed E-state index contributed by atoms with van der Waals surface area (Å²) < 4.78 is 34.0. The average Bonchev–Trinajstić information content (AvgIpc) is 3.32. The molecule has 1 fully saturated rings. The van der Waals surface area contributed by atoms with Crippen LogP contribution in [0.15, 0.2) is 40.6 Å². The minimum absolute atomic E-state index is 0.135. The quantitative estimate of drug-likeness (QED) is 0.486. The van der Waals surface area contributed by atoms with Gasteiger partial charge in [0.2, 0.25) is 10.0 Å². The molecule has 2 atom stereocenters. The second-order valence-corrected chi connectivity index (χ2v) is 12.4. The highest BCUT2D eigenvalue weighted by molar-refractivity contribution is 7.89. The molecule has 0 saturated carbocycles. The molecular formula is C20H19Cl2N3O4S3. The molecule has 2 aromatic heterocycles. The van der Waals surface area contributed by atoms with Crippen molar-refractivity contribution in [2.24, 2.45) is 0 Å². The smallest absolute Gasteiger partial charge is 0.257 e. The number of rotatable bonds is 5. The first kappa shape index (κ1) is 23.6. The van der Waals surface area contributed by atoms with Crippen molar-refractivity contribution in [1.82, 2.24) is 9.29 Å². The molecule has 1 aromatic carbocycles. The Bertz CT molecular complexity index is 1230. The number of amides is 1. The molecule has 7 nitrogen and oxygen atoms in total. The van der Waals surface area contributed by atoms with Crippen molar-refractivity contribution in [3.63, 3.8) is 0 Å². The minimum Gasteiger partial charge on any atom is -0.373 e. The van der Waals surface area contributed by atoms with E-state index in [2.05, 4.69) is 10.3 Å². The number of sulfonamides is 1. The highest BCUT2D eigenvalue weighted by Crippen LogP contribution is 2.39. The molecule has 1 aliphatic rings. The van der Waals surface area contributed by atoms with Crippen LogP contribution in [0.5, 0.6) is 0 Å². The predicted octanol–water partition coefficient (Wildman–Crippen LogP) is 5.23. The van der Waals surface area contributed by atoms with Crippen molar-refractivity contribution in [1.29, 1.82) is 0 Å². The minimum atomic E-state index is -3.67. The number of halogens is 2. The highest BCUT2D eigenvalue weighted by Gasteiger charge is 2.32. The topological polar surface area (TPSA) is 88.6 Å². The number of anilines is 1. The number of morpholine rings is 1. The predicted molar refractivity (Wildman–Crippen MR) is 129 cm³/mol. The molecule has 1 saturated heterocycles. The van der Waals surface area contributed by atoms with Crippen LogP contribution in [0.1, 0.15) is 24.2 Å². The molecule has 12 heteroatoms. The van der Waals surface area contributed by atoms with Gasteiger partial charge in [-0.25, -0.2) is 13.4 Å². The summed E-state index contributed by atoms with van der Waals surface area (Å²) in [4.78, 5) is 17.1. The van der Waals surface area contributed by atoms with Gasteiger partial charge in [0.05, 0.1) is 27.1 Å². The van der Waals surface area contributed by atoms with E-state index in [1.807, 2.05) is 13.8 Å². The molecule has 1 N–H and O–H groups in total. The van der Waals surface area contributed by atoms with Gasteiger partial charge in [0.1, 0.15) is 4.34 Å². The lowest BCUT2D eigenvalue weighted by Gasteiger charge is -2.34. The van der Waals surface area contributed by atoms with E-state index in [-0.39, 0.29) is 17.1 Å². The molecule has 3 aromatic rings. The molecule has 2 unspecified atom stereocenters. The van der Waals surface area contributed by atoms with Crippen LogP contribution in [-0.4, -0.2) is 48.9 Å². The molecule has 1 amide bonds. The van der Waals surface area contributed by atoms with Gasteiger partial charge in [-0.3, -0.25) is 10.1 Å². The van der Waals surface area contributed by atoms with Gasteiger partial charge >= 0.3 is 0 Å². The molecule has 0 aliphatic carbocycles. The standard InChI is InChI=1S/C20H19Cl2N3O4S3/c1-11-8-25(9-12(2)29-11)32(27,28)14-5-3-13(4-6-14)19(26)24-20-23-16(10-30-20)15-7-17(21)31-18(15)22/h3-7,10-12H,8-9H2,1-2H3,(H,23,24,26). The van der Waals surface area contributed by atoms with E-state index in [0.29, 0.717) is 43.7 Å². The Hall–Kier alpha value is -1.53. The number of thiazole rings is 1. The Morgan fingerprint density at radius 3 is 2.44 bits per heavy atom. The molecule has 32 heavy (non-hydrogen) atoms. The van der Waals surface area contributed by atoms with Crippen LogP contribution in [0, 0.1) is 0 Å². The van der Waals surface area contributed by atoms with Gasteiger partial charge in [0.25, 0.3) is 5.91 Å². The number of benzene rings is 1. The first-order valence-electron chi connectivity index (χ1n) is 9.61. The van der Waals surface area contributed by atoms with E-state index >= 15 is 0 Å². The van der Waals surface area contributed by atoms with Crippen molar-refractivity contribution in [3.05, 3.63) is 49.9 Å². The molecular weight excluding hydrogens is 513 g/mol. The monoisotopic (exact) mass is 531 g/mol. The Kier molecular flexibility index (Phi) is 6.92. The number of hydrogen-bond acceptors (Lipinski definition) is 7. The summed E-state index contributed by atoms with van der Waals surface area (Å²) in [7, 11) is -3.67. The largest absolute Gasteiger partial charge is 0.373 e. The highest BCUT2D eigenvalue weighted by atomic mass is 35.5. The van der Waals surface area contributed by atoms with Crippen LogP contribution in [-0.2, 0) is 14.8 Å². The van der Waals surface area contributed by atoms with Crippen LogP contribution >= 0.6 is 45.9 Å². The Labute approximate surface area is 204 Å². The average molecular weight is 532 g/mol. The van der Waals surface area contributed by atoms with E-state index in [4.69, 9.17) is 27.9 Å². The van der Waals surface area contributed by atoms with E-state index < -0.39 is 15.9 Å². The molecule has 3 heterocycles. The number of hydrogen-bond donors (Lipinski definition) is 1. The molecule has 0 bridgehead atoms. The zero-order valence-corrected chi connectivity index (χ0v) is 21.0. The van der Waals surface area contributed by atoms with E-state index in [0.717, 1.165) is 0 Å². The van der Waals surface area contributed by atoms with Crippen molar-refractivity contribution < 1.29 is 17.9 Å². The van der Waals surface area contributed by atoms with Crippen molar-refractivity contribution in [2.75, 3.05) is 18.4 Å². The Morgan fingerprint density at radius 1 is 1.19 bits per heavy atom. The number of carbonyl (C=O) groups excluding carboxylic acids is 1. The van der Waals surface area contributed by atoms with E-state index in [1.54, 1.807) is 11.4 Å². The number of nitrogens with zero attached hydrogens (tertiary/aromatic N) is 2. The zero-order valence-electron chi connectivity index (χ0n) is 17.0. The second kappa shape index (κ2) is 9.38. The van der Waals surface area contributed by atoms with Crippen molar-refractivity contribution in [2.45, 2.75) is 31.0 Å². The maximum atomic E-state index is 13.0. The van der Waals surface area contributed by atoms with E-state index in [1.165, 1.54) is 51.2 Å². The third-order valence-corrected chi connectivity index (χ3v) is 8.89. The third-order valence-electron chi connectivity index (χ3n) is 4.80. The summed E-state index contributed by atoms with van der Waals surface area (Å²) in [6.07, 6.45) is -0.358. The summed E-state index contributed by atoms with van der Waals surface area (Å²) in [5.74, 6) is -0.391. The first-order valence-corrected chi connectivity index (χ1v) is 13.5. The van der Waals surface area contributed by atoms with Gasteiger partial charge in [-0.2, -0.15) is 4.31 Å². The number of thiophene rings is 1. The van der Waals surface area contributed by atoms with Crippen molar-refractivity contribution >= 4 is 66.9 Å². The van der Waals surface area contributed by atoms with Gasteiger partial charge in [-0.1, -0.05) is 23.2 Å². The Balaban J connectivity index is 1.46. The van der Waals surface area contributed by atoms with Gasteiger partial charge in [0.15, 0.2) is 5.13 Å². The summed E-state index contributed by atoms with van der Waals surface area (Å²) in [6, 6.07) is 7.58. The van der Waals surface area contributed by atoms with Crippen LogP contribution in [0.3, 0.4) is 0 Å². The lowest BCUT2D eigenvalue weighted by molar-refractivity contribution is -0.0440. The Morgan fingerprint density at radius 2 is 1.84 bits per heavy atom.